The minimum Gasteiger partial charge on any atom is -0.395 e. The quantitative estimate of drug-likeness (QED) is 0.775. The van der Waals surface area contributed by atoms with Gasteiger partial charge >= 0.3 is 0 Å². The summed E-state index contributed by atoms with van der Waals surface area (Å²) in [7, 11) is 0. The first-order chi connectivity index (χ1) is 7.26. The van der Waals surface area contributed by atoms with Gasteiger partial charge in [0, 0.05) is 19.3 Å². The monoisotopic (exact) mass is 212 g/mol. The molecular weight excluding hydrogens is 195 g/mol. The number of hydrogen-bond donors (Lipinski definition) is 1. The number of rotatable bonds is 6. The van der Waals surface area contributed by atoms with Crippen molar-refractivity contribution in [1.82, 2.24) is 9.88 Å². The highest BCUT2D eigenvalue weighted by Gasteiger charge is 2.05. The smallest absolute Gasteiger partial charge is 0.141 e. The van der Waals surface area contributed by atoms with Gasteiger partial charge in [0.05, 0.1) is 12.8 Å². The van der Waals surface area contributed by atoms with E-state index in [9.17, 15) is 4.39 Å². The number of aromatic nitrogens is 1. The molecule has 0 saturated carbocycles. The number of hydrogen-bond acceptors (Lipinski definition) is 3. The minimum atomic E-state index is -0.312. The Hall–Kier alpha value is -1.00. The zero-order valence-electron chi connectivity index (χ0n) is 8.99. The van der Waals surface area contributed by atoms with Gasteiger partial charge in [-0.3, -0.25) is 9.88 Å². The summed E-state index contributed by atoms with van der Waals surface area (Å²) >= 11 is 0. The Labute approximate surface area is 89.6 Å². The zero-order chi connectivity index (χ0) is 11.1. The molecule has 0 saturated heterocycles. The van der Waals surface area contributed by atoms with Crippen LogP contribution in [0.2, 0.25) is 0 Å². The van der Waals surface area contributed by atoms with E-state index < -0.39 is 0 Å². The number of nitrogens with zero attached hydrogens (tertiary/aromatic N) is 2. The van der Waals surface area contributed by atoms with Crippen molar-refractivity contribution < 1.29 is 9.50 Å². The molecule has 0 amide bonds. The van der Waals surface area contributed by atoms with E-state index in [-0.39, 0.29) is 12.4 Å². The van der Waals surface area contributed by atoms with Crippen molar-refractivity contribution >= 4 is 0 Å². The lowest BCUT2D eigenvalue weighted by molar-refractivity contribution is 0.190. The van der Waals surface area contributed by atoms with Gasteiger partial charge < -0.3 is 5.11 Å². The summed E-state index contributed by atoms with van der Waals surface area (Å²) < 4.78 is 12.9. The van der Waals surface area contributed by atoms with E-state index >= 15 is 0 Å². The summed E-state index contributed by atoms with van der Waals surface area (Å²) in [5, 5.41) is 8.86. The number of pyridine rings is 1. The molecule has 0 radical (unpaired) electrons. The van der Waals surface area contributed by atoms with Crippen LogP contribution in [-0.2, 0) is 6.54 Å². The fourth-order valence-electron chi connectivity index (χ4n) is 1.53. The van der Waals surface area contributed by atoms with Gasteiger partial charge in [-0.1, -0.05) is 6.92 Å². The lowest BCUT2D eigenvalue weighted by Gasteiger charge is -2.20. The van der Waals surface area contributed by atoms with Crippen molar-refractivity contribution in [3.8, 4) is 0 Å². The van der Waals surface area contributed by atoms with Crippen molar-refractivity contribution in [2.75, 3.05) is 19.7 Å². The van der Waals surface area contributed by atoms with E-state index in [1.54, 1.807) is 6.20 Å². The number of aliphatic hydroxyl groups excluding tert-OH is 1. The predicted octanol–water partition coefficient (Wildman–Crippen LogP) is 1.43. The highest BCUT2D eigenvalue weighted by molar-refractivity contribution is 5.09. The third kappa shape index (κ3) is 4.36. The number of halogens is 1. The largest absolute Gasteiger partial charge is 0.395 e. The Balaban J connectivity index is 2.56. The molecule has 1 rings (SSSR count). The molecular formula is C11H17FN2O. The molecule has 0 fully saturated rings. The van der Waals surface area contributed by atoms with Crippen LogP contribution in [-0.4, -0.2) is 34.7 Å². The average Bonchev–Trinajstić information content (AvgIpc) is 2.18. The Bertz CT molecular complexity index is 288. The van der Waals surface area contributed by atoms with Gasteiger partial charge in [0.1, 0.15) is 5.82 Å². The maximum atomic E-state index is 12.9. The summed E-state index contributed by atoms with van der Waals surface area (Å²) in [4.78, 5) is 5.87. The van der Waals surface area contributed by atoms with Gasteiger partial charge in [0.2, 0.25) is 0 Å². The Kier molecular flexibility index (Phi) is 5.21. The van der Waals surface area contributed by atoms with Crippen molar-refractivity contribution in [1.29, 1.82) is 0 Å². The van der Waals surface area contributed by atoms with Crippen molar-refractivity contribution in [2.24, 2.45) is 0 Å². The van der Waals surface area contributed by atoms with E-state index in [1.807, 2.05) is 0 Å². The van der Waals surface area contributed by atoms with Crippen LogP contribution in [0.5, 0.6) is 0 Å². The molecule has 0 bridgehead atoms. The van der Waals surface area contributed by atoms with Crippen LogP contribution in [0.3, 0.4) is 0 Å². The van der Waals surface area contributed by atoms with Crippen molar-refractivity contribution in [2.45, 2.75) is 19.9 Å². The lowest BCUT2D eigenvalue weighted by Crippen LogP contribution is -2.27. The molecule has 15 heavy (non-hydrogen) atoms. The van der Waals surface area contributed by atoms with Crippen LogP contribution in [0.15, 0.2) is 18.5 Å². The van der Waals surface area contributed by atoms with Gasteiger partial charge in [-0.15, -0.1) is 0 Å². The molecule has 0 aliphatic heterocycles. The van der Waals surface area contributed by atoms with Crippen LogP contribution in [0.4, 0.5) is 4.39 Å². The molecule has 84 valence electrons. The second-order valence-electron chi connectivity index (χ2n) is 3.51. The Morgan fingerprint density at radius 1 is 1.40 bits per heavy atom. The normalized spacial score (nSPS) is 10.9. The number of aliphatic hydroxyl groups is 1. The molecule has 1 aromatic rings. The highest BCUT2D eigenvalue weighted by Crippen LogP contribution is 2.05. The summed E-state index contributed by atoms with van der Waals surface area (Å²) in [5.41, 5.74) is 0.844. The first-order valence-corrected chi connectivity index (χ1v) is 5.19. The molecule has 0 spiro atoms. The second-order valence-corrected chi connectivity index (χ2v) is 3.51. The summed E-state index contributed by atoms with van der Waals surface area (Å²) in [6, 6.07) is 1.48. The first-order valence-electron chi connectivity index (χ1n) is 5.19. The van der Waals surface area contributed by atoms with Crippen LogP contribution in [0.1, 0.15) is 18.9 Å². The van der Waals surface area contributed by atoms with Crippen LogP contribution >= 0.6 is 0 Å². The molecule has 0 atom stereocenters. The fraction of sp³-hybridized carbons (Fsp3) is 0.545. The third-order valence-corrected chi connectivity index (χ3v) is 2.12. The van der Waals surface area contributed by atoms with Gasteiger partial charge in [-0.05, 0) is 24.6 Å². The van der Waals surface area contributed by atoms with Crippen molar-refractivity contribution in [3.63, 3.8) is 0 Å². The summed E-state index contributed by atoms with van der Waals surface area (Å²) in [6.45, 7) is 4.36. The van der Waals surface area contributed by atoms with Gasteiger partial charge in [0.15, 0.2) is 0 Å². The molecule has 0 unspecified atom stereocenters. The van der Waals surface area contributed by atoms with Crippen LogP contribution in [0.25, 0.3) is 0 Å². The lowest BCUT2D eigenvalue weighted by atomic mass is 10.2. The van der Waals surface area contributed by atoms with Crippen LogP contribution in [0, 0.1) is 5.82 Å². The van der Waals surface area contributed by atoms with E-state index in [2.05, 4.69) is 16.8 Å². The minimum absolute atomic E-state index is 0.128. The van der Waals surface area contributed by atoms with Gasteiger partial charge in [0.25, 0.3) is 0 Å². The molecule has 1 N–H and O–H groups in total. The van der Waals surface area contributed by atoms with Crippen molar-refractivity contribution in [3.05, 3.63) is 29.8 Å². The van der Waals surface area contributed by atoms with E-state index in [0.717, 1.165) is 18.5 Å². The standard InChI is InChI=1S/C11H17FN2O/c1-2-3-14(4-5-15)9-10-6-11(12)8-13-7-10/h6-8,15H,2-5,9H2,1H3. The van der Waals surface area contributed by atoms with E-state index in [1.165, 1.54) is 12.3 Å². The Morgan fingerprint density at radius 3 is 2.80 bits per heavy atom. The molecule has 1 heterocycles. The molecule has 1 aromatic heterocycles. The fourth-order valence-corrected chi connectivity index (χ4v) is 1.53. The van der Waals surface area contributed by atoms with E-state index in [4.69, 9.17) is 5.11 Å². The van der Waals surface area contributed by atoms with Crippen LogP contribution < -0.4 is 0 Å². The van der Waals surface area contributed by atoms with Gasteiger partial charge in [-0.25, -0.2) is 4.39 Å². The molecule has 3 nitrogen and oxygen atoms in total. The molecule has 0 aliphatic rings. The highest BCUT2D eigenvalue weighted by atomic mass is 19.1. The van der Waals surface area contributed by atoms with Gasteiger partial charge in [-0.2, -0.15) is 0 Å². The predicted molar refractivity (Wildman–Crippen MR) is 56.8 cm³/mol. The second kappa shape index (κ2) is 6.48. The average molecular weight is 212 g/mol. The molecule has 4 heteroatoms. The third-order valence-electron chi connectivity index (χ3n) is 2.12. The maximum Gasteiger partial charge on any atom is 0.141 e. The maximum absolute atomic E-state index is 12.9. The molecule has 0 aliphatic carbocycles. The van der Waals surface area contributed by atoms with E-state index in [0.29, 0.717) is 13.1 Å². The first kappa shape index (κ1) is 12.1. The SMILES string of the molecule is CCCN(CCO)Cc1cncc(F)c1. The Morgan fingerprint density at radius 2 is 2.20 bits per heavy atom. The molecule has 0 aromatic carbocycles. The summed E-state index contributed by atoms with van der Waals surface area (Å²) in [6.07, 6.45) is 3.87. The summed E-state index contributed by atoms with van der Waals surface area (Å²) in [5.74, 6) is -0.312. The zero-order valence-corrected chi connectivity index (χ0v) is 8.99. The topological polar surface area (TPSA) is 36.4 Å².